The van der Waals surface area contributed by atoms with Gasteiger partial charge in [0.05, 0.1) is 5.56 Å². The van der Waals surface area contributed by atoms with Crippen molar-refractivity contribution < 1.29 is 18.0 Å². The van der Waals surface area contributed by atoms with Gasteiger partial charge in [0.2, 0.25) is 5.91 Å². The van der Waals surface area contributed by atoms with Crippen molar-refractivity contribution in [2.24, 2.45) is 0 Å². The van der Waals surface area contributed by atoms with Crippen molar-refractivity contribution in [1.29, 1.82) is 0 Å². The second-order valence-electron chi connectivity index (χ2n) is 6.38. The summed E-state index contributed by atoms with van der Waals surface area (Å²) in [5, 5.41) is 11.0. The lowest BCUT2D eigenvalue weighted by atomic mass is 10.0. The topological polar surface area (TPSA) is 63.9 Å². The highest BCUT2D eigenvalue weighted by Crippen LogP contribution is 2.29. The van der Waals surface area contributed by atoms with Gasteiger partial charge in [0.1, 0.15) is 12.4 Å². The van der Waals surface area contributed by atoms with Crippen molar-refractivity contribution in [1.82, 2.24) is 25.1 Å². The zero-order valence-corrected chi connectivity index (χ0v) is 15.0. The average molecular weight is 389 g/mol. The highest BCUT2D eigenvalue weighted by molar-refractivity contribution is 5.80. The number of nitrogens with zero attached hydrogens (tertiary/aromatic N) is 5. The fraction of sp³-hybridized carbons (Fsp3) is 0.263. The molecule has 3 aromatic rings. The van der Waals surface area contributed by atoms with Crippen LogP contribution in [0.2, 0.25) is 0 Å². The molecule has 2 aromatic carbocycles. The Morgan fingerprint density at radius 3 is 2.32 bits per heavy atom. The van der Waals surface area contributed by atoms with E-state index in [0.717, 1.165) is 17.7 Å². The second kappa shape index (κ2) is 8.20. The fourth-order valence-electron chi connectivity index (χ4n) is 2.85. The molecule has 1 heterocycles. The average Bonchev–Trinajstić information content (AvgIpc) is 3.20. The van der Waals surface area contributed by atoms with E-state index in [9.17, 15) is 18.0 Å². The molecule has 28 heavy (non-hydrogen) atoms. The number of aromatic nitrogens is 4. The normalized spacial score (nSPS) is 12.6. The summed E-state index contributed by atoms with van der Waals surface area (Å²) in [6, 6.07) is 13.6. The summed E-state index contributed by atoms with van der Waals surface area (Å²) in [5.41, 5.74) is 0.819. The predicted octanol–water partition coefficient (Wildman–Crippen LogP) is 3.13. The van der Waals surface area contributed by atoms with E-state index in [1.165, 1.54) is 28.0 Å². The highest BCUT2D eigenvalue weighted by Gasteiger charge is 2.30. The first-order valence-electron chi connectivity index (χ1n) is 8.52. The van der Waals surface area contributed by atoms with Gasteiger partial charge in [-0.25, -0.2) is 4.68 Å². The van der Waals surface area contributed by atoms with E-state index in [-0.39, 0.29) is 12.5 Å². The molecule has 146 valence electrons. The molecule has 0 aliphatic heterocycles. The van der Waals surface area contributed by atoms with Crippen molar-refractivity contribution in [3.8, 4) is 0 Å². The molecule has 6 nitrogen and oxygen atoms in total. The summed E-state index contributed by atoms with van der Waals surface area (Å²) in [4.78, 5) is 14.5. The zero-order chi connectivity index (χ0) is 20.1. The van der Waals surface area contributed by atoms with Crippen LogP contribution in [-0.2, 0) is 23.9 Å². The molecule has 0 saturated heterocycles. The molecule has 1 amide bonds. The van der Waals surface area contributed by atoms with Gasteiger partial charge in [0.15, 0.2) is 0 Å². The van der Waals surface area contributed by atoms with E-state index in [1.807, 2.05) is 30.3 Å². The molecule has 0 radical (unpaired) electrons. The highest BCUT2D eigenvalue weighted by atomic mass is 19.4. The number of carbonyl (C=O) groups is 1. The molecule has 0 saturated carbocycles. The Bertz CT molecular complexity index is 896. The SMILES string of the molecule is CN(Cc1ccc(C(F)(F)F)cc1)C(=O)[C@H](Cc1ccccc1)n1cnnn1. The van der Waals surface area contributed by atoms with Crippen molar-refractivity contribution in [3.05, 3.63) is 77.6 Å². The first kappa shape index (κ1) is 19.5. The van der Waals surface area contributed by atoms with Gasteiger partial charge >= 0.3 is 6.18 Å². The van der Waals surface area contributed by atoms with Crippen molar-refractivity contribution >= 4 is 5.91 Å². The molecule has 0 fully saturated rings. The van der Waals surface area contributed by atoms with Gasteiger partial charge in [-0.3, -0.25) is 4.79 Å². The van der Waals surface area contributed by atoms with Crippen molar-refractivity contribution in [3.63, 3.8) is 0 Å². The van der Waals surface area contributed by atoms with Crippen molar-refractivity contribution in [2.75, 3.05) is 7.05 Å². The van der Waals surface area contributed by atoms with E-state index in [4.69, 9.17) is 0 Å². The first-order valence-corrected chi connectivity index (χ1v) is 8.52. The van der Waals surface area contributed by atoms with Crippen LogP contribution < -0.4 is 0 Å². The van der Waals surface area contributed by atoms with E-state index in [0.29, 0.717) is 12.0 Å². The number of hydrogen-bond acceptors (Lipinski definition) is 4. The van der Waals surface area contributed by atoms with Crippen molar-refractivity contribution in [2.45, 2.75) is 25.2 Å². The molecule has 0 spiro atoms. The number of alkyl halides is 3. The molecular formula is C19H18F3N5O. The van der Waals surface area contributed by atoms with Gasteiger partial charge in [0.25, 0.3) is 0 Å². The van der Waals surface area contributed by atoms with Gasteiger partial charge < -0.3 is 4.90 Å². The van der Waals surface area contributed by atoms with Gasteiger partial charge in [-0.2, -0.15) is 13.2 Å². The lowest BCUT2D eigenvalue weighted by Gasteiger charge is -2.24. The summed E-state index contributed by atoms with van der Waals surface area (Å²) in [6.45, 7) is 0.171. The van der Waals surface area contributed by atoms with Crippen LogP contribution in [0.15, 0.2) is 60.9 Å². The lowest BCUT2D eigenvalue weighted by Crippen LogP contribution is -2.35. The summed E-state index contributed by atoms with van der Waals surface area (Å²) in [6.07, 6.45) is -2.62. The third kappa shape index (κ3) is 4.73. The first-order chi connectivity index (χ1) is 13.3. The fourth-order valence-corrected chi connectivity index (χ4v) is 2.85. The zero-order valence-electron chi connectivity index (χ0n) is 15.0. The standard InChI is InChI=1S/C19H18F3N5O/c1-26(12-15-7-9-16(10-8-15)19(20,21)22)18(28)17(27-13-23-24-25-27)11-14-5-3-2-4-6-14/h2-10,13,17H,11-12H2,1H3/t17-/m0/s1. The molecule has 3 rings (SSSR count). The van der Waals surface area contributed by atoms with E-state index < -0.39 is 17.8 Å². The van der Waals surface area contributed by atoms with Gasteiger partial charge in [-0.1, -0.05) is 42.5 Å². The van der Waals surface area contributed by atoms with Crippen LogP contribution >= 0.6 is 0 Å². The van der Waals surface area contributed by atoms with E-state index in [1.54, 1.807) is 7.05 Å². The number of halogens is 3. The van der Waals surface area contributed by atoms with Crippen LogP contribution in [0, 0.1) is 0 Å². The predicted molar refractivity (Wildman–Crippen MR) is 94.9 cm³/mol. The summed E-state index contributed by atoms with van der Waals surface area (Å²) in [5.74, 6) is -0.240. The number of carbonyl (C=O) groups excluding carboxylic acids is 1. The van der Waals surface area contributed by atoms with Gasteiger partial charge in [-0.05, 0) is 33.7 Å². The van der Waals surface area contributed by atoms with Crippen LogP contribution in [0.25, 0.3) is 0 Å². The lowest BCUT2D eigenvalue weighted by molar-refractivity contribution is -0.137. The molecule has 0 unspecified atom stereocenters. The number of likely N-dealkylation sites (N-methyl/N-ethyl adjacent to an activating group) is 1. The van der Waals surface area contributed by atoms with Crippen LogP contribution in [0.1, 0.15) is 22.7 Å². The number of tetrazole rings is 1. The van der Waals surface area contributed by atoms with Crippen LogP contribution in [-0.4, -0.2) is 38.1 Å². The third-order valence-corrected chi connectivity index (χ3v) is 4.32. The van der Waals surface area contributed by atoms with Gasteiger partial charge in [-0.15, -0.1) is 5.10 Å². The molecule has 0 N–H and O–H groups in total. The Morgan fingerprint density at radius 2 is 1.75 bits per heavy atom. The molecule has 0 aliphatic rings. The number of amides is 1. The Morgan fingerprint density at radius 1 is 1.07 bits per heavy atom. The number of rotatable bonds is 6. The van der Waals surface area contributed by atoms with Crippen LogP contribution in [0.3, 0.4) is 0 Å². The minimum Gasteiger partial charge on any atom is -0.340 e. The Balaban J connectivity index is 1.75. The minimum absolute atomic E-state index is 0.171. The molecule has 0 bridgehead atoms. The summed E-state index contributed by atoms with van der Waals surface area (Å²) < 4.78 is 39.5. The smallest absolute Gasteiger partial charge is 0.340 e. The maximum atomic E-state index is 13.0. The molecular weight excluding hydrogens is 371 g/mol. The van der Waals surface area contributed by atoms with Gasteiger partial charge in [0, 0.05) is 20.0 Å². The van der Waals surface area contributed by atoms with E-state index >= 15 is 0 Å². The molecule has 0 aliphatic carbocycles. The third-order valence-electron chi connectivity index (χ3n) is 4.32. The summed E-state index contributed by atoms with van der Waals surface area (Å²) in [7, 11) is 1.60. The Kier molecular flexibility index (Phi) is 5.72. The summed E-state index contributed by atoms with van der Waals surface area (Å²) >= 11 is 0. The minimum atomic E-state index is -4.39. The van der Waals surface area contributed by atoms with Crippen LogP contribution in [0.5, 0.6) is 0 Å². The quantitative estimate of drug-likeness (QED) is 0.650. The second-order valence-corrected chi connectivity index (χ2v) is 6.38. The number of hydrogen-bond donors (Lipinski definition) is 0. The number of benzene rings is 2. The molecule has 9 heteroatoms. The Hall–Kier alpha value is -3.23. The molecule has 1 atom stereocenters. The van der Waals surface area contributed by atoms with E-state index in [2.05, 4.69) is 15.5 Å². The molecule has 1 aromatic heterocycles. The maximum Gasteiger partial charge on any atom is 0.416 e. The van der Waals surface area contributed by atoms with Crippen LogP contribution in [0.4, 0.5) is 13.2 Å². The Labute approximate surface area is 159 Å². The largest absolute Gasteiger partial charge is 0.416 e. The monoisotopic (exact) mass is 389 g/mol. The maximum absolute atomic E-state index is 13.0.